The van der Waals surface area contributed by atoms with Crippen LogP contribution in [0.2, 0.25) is 0 Å². The largest absolute Gasteiger partial charge is 0.469 e. The second kappa shape index (κ2) is 6.05. The summed E-state index contributed by atoms with van der Waals surface area (Å²) in [4.78, 5) is 12.1. The first-order valence-electron chi connectivity index (χ1n) is 6.73. The minimum absolute atomic E-state index is 0.121. The maximum absolute atomic E-state index is 12.1. The molecule has 1 aliphatic rings. The monoisotopic (exact) mass is 250 g/mol. The number of carbonyl (C=O) groups excluding carboxylic acids is 1. The van der Waals surface area contributed by atoms with Gasteiger partial charge in [-0.3, -0.25) is 4.79 Å². The zero-order valence-electron chi connectivity index (χ0n) is 11.1. The summed E-state index contributed by atoms with van der Waals surface area (Å²) in [6.45, 7) is 5.07. The van der Waals surface area contributed by atoms with Crippen LogP contribution in [-0.2, 0) is 11.2 Å². The number of furan rings is 1. The van der Waals surface area contributed by atoms with Gasteiger partial charge in [0.2, 0.25) is 5.91 Å². The van der Waals surface area contributed by atoms with Crippen LogP contribution in [0.3, 0.4) is 0 Å². The molecular formula is C14H22N2O2. The summed E-state index contributed by atoms with van der Waals surface area (Å²) in [5, 5.41) is 6.40. The van der Waals surface area contributed by atoms with E-state index < -0.39 is 0 Å². The fourth-order valence-electron chi connectivity index (χ4n) is 2.45. The van der Waals surface area contributed by atoms with Crippen molar-refractivity contribution in [2.24, 2.45) is 5.92 Å². The molecule has 3 unspecified atom stereocenters. The number of amides is 1. The minimum atomic E-state index is 0.121. The molecule has 1 saturated heterocycles. The number of rotatable bonds is 5. The van der Waals surface area contributed by atoms with E-state index in [2.05, 4.69) is 17.6 Å². The fourth-order valence-corrected chi connectivity index (χ4v) is 2.45. The predicted molar refractivity (Wildman–Crippen MR) is 70.2 cm³/mol. The molecule has 18 heavy (non-hydrogen) atoms. The highest BCUT2D eigenvalue weighted by molar-refractivity contribution is 5.79. The summed E-state index contributed by atoms with van der Waals surface area (Å²) >= 11 is 0. The maximum atomic E-state index is 12.1. The van der Waals surface area contributed by atoms with Gasteiger partial charge in [-0.15, -0.1) is 0 Å². The van der Waals surface area contributed by atoms with E-state index in [1.54, 1.807) is 6.26 Å². The third kappa shape index (κ3) is 3.35. The highest BCUT2D eigenvalue weighted by atomic mass is 16.3. The molecule has 1 aromatic heterocycles. The van der Waals surface area contributed by atoms with Crippen LogP contribution in [0.25, 0.3) is 0 Å². The van der Waals surface area contributed by atoms with Crippen molar-refractivity contribution >= 4 is 5.91 Å². The molecule has 2 rings (SSSR count). The van der Waals surface area contributed by atoms with Crippen LogP contribution in [0, 0.1) is 5.92 Å². The molecule has 3 atom stereocenters. The van der Waals surface area contributed by atoms with E-state index in [9.17, 15) is 4.79 Å². The SMILES string of the molecule is CC(CCc1ccco1)NC(=O)C1CCNC1C. The van der Waals surface area contributed by atoms with Gasteiger partial charge in [-0.2, -0.15) is 0 Å². The van der Waals surface area contributed by atoms with Crippen LogP contribution in [0.5, 0.6) is 0 Å². The lowest BCUT2D eigenvalue weighted by molar-refractivity contribution is -0.125. The molecule has 1 aromatic rings. The highest BCUT2D eigenvalue weighted by Crippen LogP contribution is 2.15. The number of carbonyl (C=O) groups is 1. The van der Waals surface area contributed by atoms with Crippen LogP contribution in [0.1, 0.15) is 32.4 Å². The minimum Gasteiger partial charge on any atom is -0.469 e. The van der Waals surface area contributed by atoms with Gasteiger partial charge < -0.3 is 15.1 Å². The summed E-state index contributed by atoms with van der Waals surface area (Å²) in [7, 11) is 0. The highest BCUT2D eigenvalue weighted by Gasteiger charge is 2.29. The Kier molecular flexibility index (Phi) is 4.42. The van der Waals surface area contributed by atoms with Crippen molar-refractivity contribution in [1.29, 1.82) is 0 Å². The maximum Gasteiger partial charge on any atom is 0.224 e. The van der Waals surface area contributed by atoms with Crippen molar-refractivity contribution in [2.75, 3.05) is 6.54 Å². The van der Waals surface area contributed by atoms with Crippen LogP contribution < -0.4 is 10.6 Å². The first-order chi connectivity index (χ1) is 8.66. The van der Waals surface area contributed by atoms with Crippen LogP contribution >= 0.6 is 0 Å². The van der Waals surface area contributed by atoms with E-state index in [4.69, 9.17) is 4.42 Å². The zero-order valence-corrected chi connectivity index (χ0v) is 11.1. The molecule has 0 saturated carbocycles. The van der Waals surface area contributed by atoms with Crippen molar-refractivity contribution in [1.82, 2.24) is 10.6 Å². The van der Waals surface area contributed by atoms with Gasteiger partial charge in [-0.25, -0.2) is 0 Å². The van der Waals surface area contributed by atoms with Crippen LogP contribution in [-0.4, -0.2) is 24.5 Å². The Balaban J connectivity index is 1.73. The predicted octanol–water partition coefficient (Wildman–Crippen LogP) is 1.71. The second-order valence-electron chi connectivity index (χ2n) is 5.17. The van der Waals surface area contributed by atoms with E-state index in [1.165, 1.54) is 0 Å². The van der Waals surface area contributed by atoms with E-state index in [0.717, 1.165) is 31.6 Å². The average Bonchev–Trinajstić information content (AvgIpc) is 2.97. The van der Waals surface area contributed by atoms with Crippen molar-refractivity contribution in [2.45, 2.75) is 45.2 Å². The third-order valence-corrected chi connectivity index (χ3v) is 3.65. The summed E-state index contributed by atoms with van der Waals surface area (Å²) in [5.41, 5.74) is 0. The Hall–Kier alpha value is -1.29. The Labute approximate surface area is 108 Å². The van der Waals surface area contributed by atoms with Gasteiger partial charge in [0.25, 0.3) is 0 Å². The molecule has 2 heterocycles. The molecule has 1 aliphatic heterocycles. The summed E-state index contributed by atoms with van der Waals surface area (Å²) in [6.07, 6.45) is 4.41. The first kappa shape index (κ1) is 13.1. The molecule has 0 bridgehead atoms. The molecule has 0 aliphatic carbocycles. The Morgan fingerprint density at radius 2 is 2.50 bits per heavy atom. The van der Waals surface area contributed by atoms with E-state index in [0.29, 0.717) is 6.04 Å². The molecule has 4 nitrogen and oxygen atoms in total. The quantitative estimate of drug-likeness (QED) is 0.836. The Bertz CT molecular complexity index is 375. The summed E-state index contributed by atoms with van der Waals surface area (Å²) in [5.74, 6) is 1.28. The second-order valence-corrected chi connectivity index (χ2v) is 5.17. The van der Waals surface area contributed by atoms with Crippen molar-refractivity contribution in [3.05, 3.63) is 24.2 Å². The van der Waals surface area contributed by atoms with E-state index in [1.807, 2.05) is 19.1 Å². The number of nitrogens with one attached hydrogen (secondary N) is 2. The van der Waals surface area contributed by atoms with Gasteiger partial charge in [0, 0.05) is 18.5 Å². The molecule has 1 amide bonds. The van der Waals surface area contributed by atoms with E-state index >= 15 is 0 Å². The Morgan fingerprint density at radius 1 is 1.67 bits per heavy atom. The third-order valence-electron chi connectivity index (χ3n) is 3.65. The molecule has 1 fully saturated rings. The van der Waals surface area contributed by atoms with Crippen LogP contribution in [0.15, 0.2) is 22.8 Å². The smallest absolute Gasteiger partial charge is 0.224 e. The van der Waals surface area contributed by atoms with E-state index in [-0.39, 0.29) is 17.9 Å². The van der Waals surface area contributed by atoms with Gasteiger partial charge in [0.05, 0.1) is 12.2 Å². The van der Waals surface area contributed by atoms with Gasteiger partial charge in [0.1, 0.15) is 5.76 Å². The molecule has 4 heteroatoms. The standard InChI is InChI=1S/C14H22N2O2/c1-10(5-6-12-4-3-9-18-12)16-14(17)13-7-8-15-11(13)2/h3-4,9-11,13,15H,5-8H2,1-2H3,(H,16,17). The van der Waals surface area contributed by atoms with Crippen molar-refractivity contribution in [3.63, 3.8) is 0 Å². The lowest BCUT2D eigenvalue weighted by Crippen LogP contribution is -2.41. The summed E-state index contributed by atoms with van der Waals surface area (Å²) in [6, 6.07) is 4.35. The normalized spacial score (nSPS) is 25.0. The molecule has 0 aromatic carbocycles. The number of hydrogen-bond donors (Lipinski definition) is 2. The lowest BCUT2D eigenvalue weighted by Gasteiger charge is -2.19. The van der Waals surface area contributed by atoms with Crippen molar-refractivity contribution in [3.8, 4) is 0 Å². The topological polar surface area (TPSA) is 54.3 Å². The average molecular weight is 250 g/mol. The van der Waals surface area contributed by atoms with Crippen LogP contribution in [0.4, 0.5) is 0 Å². The lowest BCUT2D eigenvalue weighted by atomic mass is 10.0. The fraction of sp³-hybridized carbons (Fsp3) is 0.643. The van der Waals surface area contributed by atoms with Crippen molar-refractivity contribution < 1.29 is 9.21 Å². The van der Waals surface area contributed by atoms with Gasteiger partial charge >= 0.3 is 0 Å². The number of hydrogen-bond acceptors (Lipinski definition) is 3. The van der Waals surface area contributed by atoms with Gasteiger partial charge in [-0.05, 0) is 45.4 Å². The molecule has 0 spiro atoms. The molecule has 100 valence electrons. The molecule has 2 N–H and O–H groups in total. The Morgan fingerprint density at radius 3 is 3.11 bits per heavy atom. The number of aryl methyl sites for hydroxylation is 1. The van der Waals surface area contributed by atoms with Gasteiger partial charge in [-0.1, -0.05) is 0 Å². The molecular weight excluding hydrogens is 228 g/mol. The zero-order chi connectivity index (χ0) is 13.0. The first-order valence-corrected chi connectivity index (χ1v) is 6.73. The molecule has 0 radical (unpaired) electrons. The summed E-state index contributed by atoms with van der Waals surface area (Å²) < 4.78 is 5.28. The van der Waals surface area contributed by atoms with Gasteiger partial charge in [0.15, 0.2) is 0 Å².